The predicted molar refractivity (Wildman–Crippen MR) is 66.3 cm³/mol. The minimum atomic E-state index is 0.0787. The first-order valence-corrected chi connectivity index (χ1v) is 6.49. The zero-order chi connectivity index (χ0) is 11.3. The number of rotatable bonds is 6. The summed E-state index contributed by atoms with van der Waals surface area (Å²) in [5.74, 6) is 0. The molecule has 2 N–H and O–H groups in total. The van der Waals surface area contributed by atoms with E-state index < -0.39 is 0 Å². The summed E-state index contributed by atoms with van der Waals surface area (Å²) in [4.78, 5) is 1.29. The van der Waals surface area contributed by atoms with Gasteiger partial charge in [-0.05, 0) is 36.8 Å². The summed E-state index contributed by atoms with van der Waals surface area (Å²) in [6.45, 7) is 7.14. The Balaban J connectivity index is 2.76. The van der Waals surface area contributed by atoms with Gasteiger partial charge in [-0.1, -0.05) is 13.8 Å². The molecule has 0 bridgehead atoms. The molecule has 2 atom stereocenters. The van der Waals surface area contributed by atoms with Gasteiger partial charge in [-0.2, -0.15) is 0 Å². The van der Waals surface area contributed by atoms with Crippen molar-refractivity contribution >= 4 is 11.3 Å². The van der Waals surface area contributed by atoms with Crippen LogP contribution in [0.3, 0.4) is 0 Å². The molecule has 0 aromatic carbocycles. The van der Waals surface area contributed by atoms with Crippen LogP contribution < -0.4 is 5.73 Å². The second-order valence-electron chi connectivity index (χ2n) is 3.83. The van der Waals surface area contributed by atoms with E-state index in [9.17, 15) is 0 Å². The van der Waals surface area contributed by atoms with Crippen LogP contribution in [0.2, 0.25) is 0 Å². The maximum Gasteiger partial charge on any atom is 0.107 e. The number of hydrogen-bond donors (Lipinski definition) is 1. The van der Waals surface area contributed by atoms with Gasteiger partial charge in [-0.3, -0.25) is 0 Å². The molecule has 0 aliphatic rings. The van der Waals surface area contributed by atoms with Crippen LogP contribution in [0.4, 0.5) is 0 Å². The van der Waals surface area contributed by atoms with Crippen LogP contribution in [0.25, 0.3) is 0 Å². The van der Waals surface area contributed by atoms with Crippen molar-refractivity contribution in [1.29, 1.82) is 0 Å². The summed E-state index contributed by atoms with van der Waals surface area (Å²) >= 11 is 1.75. The minimum Gasteiger partial charge on any atom is -0.371 e. The number of aryl methyl sites for hydroxylation is 1. The average Bonchev–Trinajstić information content (AvgIpc) is 2.65. The molecule has 1 heterocycles. The molecule has 15 heavy (non-hydrogen) atoms. The molecule has 0 aliphatic heterocycles. The SMILES string of the molecule is CCCOC(c1sccc1C)C(N)CC. The molecule has 3 heteroatoms. The van der Waals surface area contributed by atoms with Crippen molar-refractivity contribution in [1.82, 2.24) is 0 Å². The molecule has 0 spiro atoms. The first-order valence-electron chi connectivity index (χ1n) is 5.61. The summed E-state index contributed by atoms with van der Waals surface area (Å²) in [6, 6.07) is 2.24. The molecule has 0 amide bonds. The van der Waals surface area contributed by atoms with Crippen LogP contribution >= 0.6 is 11.3 Å². The van der Waals surface area contributed by atoms with Gasteiger partial charge in [0.05, 0.1) is 0 Å². The first-order chi connectivity index (χ1) is 7.20. The molecule has 86 valence electrons. The molecular formula is C12H21NOS. The molecule has 0 radical (unpaired) electrons. The van der Waals surface area contributed by atoms with Crippen LogP contribution in [0.5, 0.6) is 0 Å². The Bertz CT molecular complexity index is 285. The zero-order valence-corrected chi connectivity index (χ0v) is 10.6. The second kappa shape index (κ2) is 6.26. The summed E-state index contributed by atoms with van der Waals surface area (Å²) in [5.41, 5.74) is 7.40. The van der Waals surface area contributed by atoms with E-state index in [0.717, 1.165) is 19.4 Å². The van der Waals surface area contributed by atoms with Crippen molar-refractivity contribution in [3.8, 4) is 0 Å². The van der Waals surface area contributed by atoms with Crippen molar-refractivity contribution in [2.75, 3.05) is 6.61 Å². The molecule has 0 saturated carbocycles. The van der Waals surface area contributed by atoms with Gasteiger partial charge in [0.15, 0.2) is 0 Å². The third-order valence-corrected chi connectivity index (χ3v) is 3.60. The van der Waals surface area contributed by atoms with Crippen molar-refractivity contribution < 1.29 is 4.74 Å². The largest absolute Gasteiger partial charge is 0.371 e. The molecule has 0 saturated heterocycles. The quantitative estimate of drug-likeness (QED) is 0.809. The molecule has 1 rings (SSSR count). The Kier molecular flexibility index (Phi) is 5.29. The number of thiophene rings is 1. The van der Waals surface area contributed by atoms with E-state index in [0.29, 0.717) is 0 Å². The molecule has 0 aliphatic carbocycles. The molecule has 2 unspecified atom stereocenters. The van der Waals surface area contributed by atoms with E-state index >= 15 is 0 Å². The van der Waals surface area contributed by atoms with E-state index in [4.69, 9.17) is 10.5 Å². The lowest BCUT2D eigenvalue weighted by Crippen LogP contribution is -2.29. The van der Waals surface area contributed by atoms with Gasteiger partial charge in [0.1, 0.15) is 6.10 Å². The lowest BCUT2D eigenvalue weighted by Gasteiger charge is -2.23. The third kappa shape index (κ3) is 3.30. The Morgan fingerprint density at radius 3 is 2.67 bits per heavy atom. The van der Waals surface area contributed by atoms with Crippen LogP contribution in [0.15, 0.2) is 11.4 Å². The summed E-state index contributed by atoms with van der Waals surface area (Å²) in [5, 5.41) is 2.11. The highest BCUT2D eigenvalue weighted by Gasteiger charge is 2.21. The second-order valence-corrected chi connectivity index (χ2v) is 4.78. The smallest absolute Gasteiger partial charge is 0.107 e. The highest BCUT2D eigenvalue weighted by atomic mass is 32.1. The fraction of sp³-hybridized carbons (Fsp3) is 0.667. The van der Waals surface area contributed by atoms with Gasteiger partial charge in [-0.25, -0.2) is 0 Å². The van der Waals surface area contributed by atoms with E-state index in [1.54, 1.807) is 11.3 Å². The van der Waals surface area contributed by atoms with Gasteiger partial charge in [-0.15, -0.1) is 11.3 Å². The van der Waals surface area contributed by atoms with E-state index in [-0.39, 0.29) is 12.1 Å². The van der Waals surface area contributed by atoms with E-state index in [1.165, 1.54) is 10.4 Å². The van der Waals surface area contributed by atoms with Crippen molar-refractivity contribution in [3.05, 3.63) is 21.9 Å². The number of ether oxygens (including phenoxy) is 1. The van der Waals surface area contributed by atoms with Gasteiger partial charge >= 0.3 is 0 Å². The molecule has 0 fully saturated rings. The topological polar surface area (TPSA) is 35.2 Å². The Labute approximate surface area is 96.4 Å². The van der Waals surface area contributed by atoms with Crippen LogP contribution in [0.1, 0.15) is 43.2 Å². The summed E-state index contributed by atoms with van der Waals surface area (Å²) < 4.78 is 5.85. The minimum absolute atomic E-state index is 0.0787. The Morgan fingerprint density at radius 2 is 2.20 bits per heavy atom. The Hall–Kier alpha value is -0.380. The lowest BCUT2D eigenvalue weighted by atomic mass is 10.1. The third-order valence-electron chi connectivity index (χ3n) is 2.52. The summed E-state index contributed by atoms with van der Waals surface area (Å²) in [6.07, 6.45) is 2.07. The predicted octanol–water partition coefficient (Wildman–Crippen LogP) is 3.26. The average molecular weight is 227 g/mol. The normalized spacial score (nSPS) is 15.2. The van der Waals surface area contributed by atoms with Gasteiger partial charge < -0.3 is 10.5 Å². The maximum atomic E-state index is 6.10. The fourth-order valence-electron chi connectivity index (χ4n) is 1.53. The Morgan fingerprint density at radius 1 is 1.47 bits per heavy atom. The monoisotopic (exact) mass is 227 g/mol. The van der Waals surface area contributed by atoms with E-state index in [1.807, 2.05) is 0 Å². The van der Waals surface area contributed by atoms with E-state index in [2.05, 4.69) is 32.2 Å². The van der Waals surface area contributed by atoms with Crippen LogP contribution in [-0.2, 0) is 4.74 Å². The highest BCUT2D eigenvalue weighted by Crippen LogP contribution is 2.29. The highest BCUT2D eigenvalue weighted by molar-refractivity contribution is 7.10. The zero-order valence-electron chi connectivity index (χ0n) is 9.82. The molecule has 1 aromatic heterocycles. The number of hydrogen-bond acceptors (Lipinski definition) is 3. The van der Waals surface area contributed by atoms with Crippen LogP contribution in [-0.4, -0.2) is 12.6 Å². The van der Waals surface area contributed by atoms with Gasteiger partial charge in [0, 0.05) is 17.5 Å². The summed E-state index contributed by atoms with van der Waals surface area (Å²) in [7, 11) is 0. The van der Waals surface area contributed by atoms with Gasteiger partial charge in [0.25, 0.3) is 0 Å². The molecular weight excluding hydrogens is 206 g/mol. The maximum absolute atomic E-state index is 6.10. The fourth-order valence-corrected chi connectivity index (χ4v) is 2.58. The lowest BCUT2D eigenvalue weighted by molar-refractivity contribution is 0.0359. The van der Waals surface area contributed by atoms with Crippen LogP contribution in [0, 0.1) is 6.92 Å². The first kappa shape index (κ1) is 12.7. The molecule has 1 aromatic rings. The van der Waals surface area contributed by atoms with Gasteiger partial charge in [0.2, 0.25) is 0 Å². The van der Waals surface area contributed by atoms with Crippen molar-refractivity contribution in [2.24, 2.45) is 5.73 Å². The van der Waals surface area contributed by atoms with Crippen molar-refractivity contribution in [2.45, 2.75) is 45.8 Å². The standard InChI is InChI=1S/C12H21NOS/c1-4-7-14-11(10(13)5-2)12-9(3)6-8-15-12/h6,8,10-11H,4-5,7,13H2,1-3H3. The molecule has 2 nitrogen and oxygen atoms in total. The number of nitrogens with two attached hydrogens (primary N) is 1. The van der Waals surface area contributed by atoms with Crippen molar-refractivity contribution in [3.63, 3.8) is 0 Å².